The van der Waals surface area contributed by atoms with E-state index in [0.29, 0.717) is 0 Å². The molecule has 0 saturated heterocycles. The molecule has 92 valence electrons. The Bertz CT molecular complexity index is 532. The number of hydrogen-bond acceptors (Lipinski definition) is 1. The summed E-state index contributed by atoms with van der Waals surface area (Å²) in [5, 5.41) is 3.73. The first-order chi connectivity index (χ1) is 8.81. The lowest BCUT2D eigenvalue weighted by Gasteiger charge is -2.32. The molecule has 0 spiro atoms. The van der Waals surface area contributed by atoms with Crippen molar-refractivity contribution in [3.8, 4) is 0 Å². The van der Waals surface area contributed by atoms with Crippen LogP contribution in [-0.2, 0) is 12.0 Å². The van der Waals surface area contributed by atoms with E-state index in [-0.39, 0.29) is 5.54 Å². The summed E-state index contributed by atoms with van der Waals surface area (Å²) in [6.07, 6.45) is 2.38. The Morgan fingerprint density at radius 3 is 2.50 bits per heavy atom. The van der Waals surface area contributed by atoms with Gasteiger partial charge in [0.1, 0.15) is 0 Å². The molecule has 0 saturated carbocycles. The van der Waals surface area contributed by atoms with Crippen molar-refractivity contribution in [1.82, 2.24) is 5.32 Å². The number of benzene rings is 2. The summed E-state index contributed by atoms with van der Waals surface area (Å²) in [6, 6.07) is 19.6. The lowest BCUT2D eigenvalue weighted by Crippen LogP contribution is -2.40. The van der Waals surface area contributed by atoms with Crippen molar-refractivity contribution in [1.29, 1.82) is 0 Å². The first-order valence-corrected chi connectivity index (χ1v) is 6.70. The highest BCUT2D eigenvalue weighted by atomic mass is 15.0. The van der Waals surface area contributed by atoms with Crippen molar-refractivity contribution in [2.75, 3.05) is 6.54 Å². The van der Waals surface area contributed by atoms with Gasteiger partial charge >= 0.3 is 0 Å². The highest BCUT2D eigenvalue weighted by Gasteiger charge is 2.31. The van der Waals surface area contributed by atoms with Crippen molar-refractivity contribution < 1.29 is 0 Å². The van der Waals surface area contributed by atoms with E-state index in [1.807, 2.05) is 0 Å². The van der Waals surface area contributed by atoms with Gasteiger partial charge in [-0.15, -0.1) is 0 Å². The lowest BCUT2D eigenvalue weighted by atomic mass is 9.82. The minimum absolute atomic E-state index is 0.0612. The molecule has 1 aliphatic heterocycles. The van der Waals surface area contributed by atoms with Crippen LogP contribution >= 0.6 is 0 Å². The fourth-order valence-electron chi connectivity index (χ4n) is 2.97. The molecule has 1 N–H and O–H groups in total. The summed E-state index contributed by atoms with van der Waals surface area (Å²) in [5.41, 5.74) is 4.19. The standard InChI is InChI=1S/C17H19N/c1-17(15-10-3-2-4-11-15)16-12-6-5-8-14(16)9-7-13-18-17/h2-6,8,10-12,18H,7,9,13H2,1H3. The quantitative estimate of drug-likeness (QED) is 0.800. The molecule has 1 nitrogen and oxygen atoms in total. The molecule has 3 rings (SSSR count). The minimum Gasteiger partial charge on any atom is -0.304 e. The molecule has 2 aromatic carbocycles. The van der Waals surface area contributed by atoms with Crippen LogP contribution in [0.1, 0.15) is 30.0 Å². The summed E-state index contributed by atoms with van der Waals surface area (Å²) in [5.74, 6) is 0. The molecule has 1 unspecified atom stereocenters. The largest absolute Gasteiger partial charge is 0.304 e. The predicted molar refractivity (Wildman–Crippen MR) is 75.7 cm³/mol. The summed E-state index contributed by atoms with van der Waals surface area (Å²) in [4.78, 5) is 0. The fourth-order valence-corrected chi connectivity index (χ4v) is 2.97. The lowest BCUT2D eigenvalue weighted by molar-refractivity contribution is 0.448. The zero-order chi connectivity index (χ0) is 12.4. The van der Waals surface area contributed by atoms with Gasteiger partial charge in [0.2, 0.25) is 0 Å². The van der Waals surface area contributed by atoms with Gasteiger partial charge in [-0.2, -0.15) is 0 Å². The van der Waals surface area contributed by atoms with Crippen molar-refractivity contribution in [2.24, 2.45) is 0 Å². The molecule has 1 atom stereocenters. The third kappa shape index (κ3) is 1.85. The fraction of sp³-hybridized carbons (Fsp3) is 0.294. The average Bonchev–Trinajstić information content (AvgIpc) is 2.61. The molecule has 0 amide bonds. The summed E-state index contributed by atoms with van der Waals surface area (Å²) in [7, 11) is 0. The topological polar surface area (TPSA) is 12.0 Å². The molecule has 0 fully saturated rings. The van der Waals surface area contributed by atoms with E-state index >= 15 is 0 Å². The van der Waals surface area contributed by atoms with Crippen molar-refractivity contribution >= 4 is 0 Å². The van der Waals surface area contributed by atoms with Gasteiger partial charge in [0.05, 0.1) is 5.54 Å². The van der Waals surface area contributed by atoms with Crippen LogP contribution in [0.2, 0.25) is 0 Å². The van der Waals surface area contributed by atoms with Crippen molar-refractivity contribution in [2.45, 2.75) is 25.3 Å². The van der Waals surface area contributed by atoms with Gasteiger partial charge < -0.3 is 5.32 Å². The van der Waals surface area contributed by atoms with E-state index in [0.717, 1.165) is 6.54 Å². The SMILES string of the molecule is CC1(c2ccccc2)NCCCc2ccccc21. The number of nitrogens with one attached hydrogen (secondary N) is 1. The Balaban J connectivity index is 2.16. The van der Waals surface area contributed by atoms with Crippen LogP contribution in [0.3, 0.4) is 0 Å². The first kappa shape index (κ1) is 11.5. The minimum atomic E-state index is -0.0612. The molecular weight excluding hydrogens is 218 g/mol. The average molecular weight is 237 g/mol. The zero-order valence-electron chi connectivity index (χ0n) is 10.8. The van der Waals surface area contributed by atoms with Gasteiger partial charge in [-0.3, -0.25) is 0 Å². The Labute approximate surface area is 109 Å². The van der Waals surface area contributed by atoms with Gasteiger partial charge in [-0.05, 0) is 43.0 Å². The molecule has 1 aliphatic rings. The first-order valence-electron chi connectivity index (χ1n) is 6.70. The monoisotopic (exact) mass is 237 g/mol. The summed E-state index contributed by atoms with van der Waals surface area (Å²) >= 11 is 0. The van der Waals surface area contributed by atoms with Crippen LogP contribution in [0.15, 0.2) is 54.6 Å². The smallest absolute Gasteiger partial charge is 0.0664 e. The van der Waals surface area contributed by atoms with Crippen molar-refractivity contribution in [3.05, 3.63) is 71.3 Å². The maximum absolute atomic E-state index is 3.73. The second kappa shape index (κ2) is 4.58. The Hall–Kier alpha value is -1.60. The van der Waals surface area contributed by atoms with Crippen LogP contribution in [0.25, 0.3) is 0 Å². The Morgan fingerprint density at radius 2 is 1.67 bits per heavy atom. The van der Waals surface area contributed by atoms with Crippen LogP contribution in [0, 0.1) is 0 Å². The van der Waals surface area contributed by atoms with Crippen LogP contribution in [-0.4, -0.2) is 6.54 Å². The molecule has 2 aromatic rings. The molecule has 1 heteroatoms. The van der Waals surface area contributed by atoms with E-state index in [9.17, 15) is 0 Å². The Morgan fingerprint density at radius 1 is 0.944 bits per heavy atom. The normalized spacial score (nSPS) is 23.2. The van der Waals surface area contributed by atoms with E-state index in [1.54, 1.807) is 0 Å². The van der Waals surface area contributed by atoms with Gasteiger partial charge in [0.25, 0.3) is 0 Å². The van der Waals surface area contributed by atoms with Crippen LogP contribution in [0.5, 0.6) is 0 Å². The summed E-state index contributed by atoms with van der Waals surface area (Å²) < 4.78 is 0. The molecule has 0 aliphatic carbocycles. The van der Waals surface area contributed by atoms with E-state index in [2.05, 4.69) is 66.8 Å². The predicted octanol–water partition coefficient (Wildman–Crippen LogP) is 3.49. The maximum atomic E-state index is 3.73. The van der Waals surface area contributed by atoms with Gasteiger partial charge in [0.15, 0.2) is 0 Å². The highest BCUT2D eigenvalue weighted by molar-refractivity contribution is 5.43. The molecule has 18 heavy (non-hydrogen) atoms. The molecular formula is C17H19N. The number of rotatable bonds is 1. The molecule has 1 heterocycles. The highest BCUT2D eigenvalue weighted by Crippen LogP contribution is 2.33. The summed E-state index contributed by atoms with van der Waals surface area (Å²) in [6.45, 7) is 3.37. The van der Waals surface area contributed by atoms with E-state index in [4.69, 9.17) is 0 Å². The molecule has 0 aromatic heterocycles. The number of fused-ring (bicyclic) bond motifs is 1. The molecule has 0 radical (unpaired) electrons. The second-order valence-corrected chi connectivity index (χ2v) is 5.18. The van der Waals surface area contributed by atoms with Gasteiger partial charge in [-0.25, -0.2) is 0 Å². The maximum Gasteiger partial charge on any atom is 0.0664 e. The van der Waals surface area contributed by atoms with Crippen molar-refractivity contribution in [3.63, 3.8) is 0 Å². The van der Waals surface area contributed by atoms with Gasteiger partial charge in [-0.1, -0.05) is 54.6 Å². The molecule has 0 bridgehead atoms. The van der Waals surface area contributed by atoms with Gasteiger partial charge in [0, 0.05) is 0 Å². The number of hydrogen-bond donors (Lipinski definition) is 1. The van der Waals surface area contributed by atoms with E-state index in [1.165, 1.54) is 29.5 Å². The number of aryl methyl sites for hydroxylation is 1. The third-order valence-electron chi connectivity index (χ3n) is 4.01. The zero-order valence-corrected chi connectivity index (χ0v) is 10.8. The Kier molecular flexibility index (Phi) is 2.92. The van der Waals surface area contributed by atoms with Crippen LogP contribution < -0.4 is 5.32 Å². The third-order valence-corrected chi connectivity index (χ3v) is 4.01. The van der Waals surface area contributed by atoms with Crippen LogP contribution in [0.4, 0.5) is 0 Å². The second-order valence-electron chi connectivity index (χ2n) is 5.18. The van der Waals surface area contributed by atoms with E-state index < -0.39 is 0 Å².